The molecule has 0 bridgehead atoms. The minimum absolute atomic E-state index is 0.0560. The van der Waals surface area contributed by atoms with Crippen LogP contribution < -0.4 is 0 Å². The summed E-state index contributed by atoms with van der Waals surface area (Å²) in [6.07, 6.45) is 16.7. The Labute approximate surface area is 151 Å². The molecule has 1 spiro atoms. The number of hydrogen-bond acceptors (Lipinski definition) is 2. The summed E-state index contributed by atoms with van der Waals surface area (Å²) in [5.41, 5.74) is 2.02. The van der Waals surface area contributed by atoms with Crippen LogP contribution in [0.25, 0.3) is 0 Å². The molecular formula is C23H30O2. The first-order valence-electron chi connectivity index (χ1n) is 10.7. The zero-order chi connectivity index (χ0) is 16.8. The predicted octanol–water partition coefficient (Wildman–Crippen LogP) is 4.70. The van der Waals surface area contributed by atoms with Crippen LogP contribution in [0.4, 0.5) is 0 Å². The summed E-state index contributed by atoms with van der Waals surface area (Å²) in [5.74, 6) is 5.40. The average Bonchev–Trinajstić information content (AvgIpc) is 3.18. The van der Waals surface area contributed by atoms with E-state index in [0.29, 0.717) is 11.2 Å². The van der Waals surface area contributed by atoms with E-state index < -0.39 is 0 Å². The van der Waals surface area contributed by atoms with Crippen LogP contribution in [0.5, 0.6) is 0 Å². The maximum absolute atomic E-state index is 12.0. The molecule has 4 fully saturated rings. The first-order valence-corrected chi connectivity index (χ1v) is 10.7. The number of rotatable bonds is 1. The van der Waals surface area contributed by atoms with Gasteiger partial charge in [0.05, 0.1) is 12.2 Å². The van der Waals surface area contributed by atoms with Gasteiger partial charge in [-0.05, 0) is 86.5 Å². The Morgan fingerprint density at radius 2 is 2.08 bits per heavy atom. The Morgan fingerprint density at radius 1 is 1.16 bits per heavy atom. The van der Waals surface area contributed by atoms with E-state index in [2.05, 4.69) is 25.2 Å². The predicted molar refractivity (Wildman–Crippen MR) is 96.9 cm³/mol. The van der Waals surface area contributed by atoms with Gasteiger partial charge in [-0.15, -0.1) is 0 Å². The molecule has 0 radical (unpaired) electrons. The van der Waals surface area contributed by atoms with Gasteiger partial charge in [0.25, 0.3) is 0 Å². The van der Waals surface area contributed by atoms with Crippen molar-refractivity contribution in [2.75, 3.05) is 6.61 Å². The van der Waals surface area contributed by atoms with Crippen LogP contribution in [-0.4, -0.2) is 18.0 Å². The molecule has 4 saturated carbocycles. The van der Waals surface area contributed by atoms with Gasteiger partial charge >= 0.3 is 0 Å². The third-order valence-corrected chi connectivity index (χ3v) is 9.45. The first-order chi connectivity index (χ1) is 12.2. The summed E-state index contributed by atoms with van der Waals surface area (Å²) in [6.45, 7) is 3.25. The zero-order valence-corrected chi connectivity index (χ0v) is 15.4. The van der Waals surface area contributed by atoms with Gasteiger partial charge in [0, 0.05) is 11.8 Å². The number of hydrogen-bond donors (Lipinski definition) is 0. The van der Waals surface area contributed by atoms with E-state index in [1.807, 2.05) is 0 Å². The van der Waals surface area contributed by atoms with Gasteiger partial charge in [0.15, 0.2) is 5.78 Å². The topological polar surface area (TPSA) is 26.3 Å². The quantitative estimate of drug-likeness (QED) is 0.648. The largest absolute Gasteiger partial charge is 0.366 e. The van der Waals surface area contributed by atoms with Gasteiger partial charge in [0.2, 0.25) is 0 Å². The van der Waals surface area contributed by atoms with Crippen molar-refractivity contribution in [1.29, 1.82) is 0 Å². The Balaban J connectivity index is 1.40. The molecule has 134 valence electrons. The molecule has 2 nitrogen and oxygen atoms in total. The summed E-state index contributed by atoms with van der Waals surface area (Å²) < 4.78 is 6.45. The molecule has 5 aliphatic carbocycles. The molecule has 8 atom stereocenters. The van der Waals surface area contributed by atoms with Crippen LogP contribution in [0, 0.1) is 40.9 Å². The van der Waals surface area contributed by atoms with Gasteiger partial charge in [-0.2, -0.15) is 0 Å². The summed E-state index contributed by atoms with van der Waals surface area (Å²) in [7, 11) is 0. The fourth-order valence-electron chi connectivity index (χ4n) is 8.55. The molecule has 5 unspecified atom stereocenters. The molecule has 1 heterocycles. The molecule has 0 amide bonds. The highest BCUT2D eigenvalue weighted by Crippen LogP contribution is 2.73. The highest BCUT2D eigenvalue weighted by atomic mass is 16.5. The second-order valence-electron chi connectivity index (χ2n) is 9.80. The second-order valence-corrected chi connectivity index (χ2v) is 9.80. The minimum atomic E-state index is 0.0560. The molecule has 0 saturated heterocycles. The van der Waals surface area contributed by atoms with E-state index in [4.69, 9.17) is 4.74 Å². The molecule has 25 heavy (non-hydrogen) atoms. The van der Waals surface area contributed by atoms with Gasteiger partial charge in [-0.1, -0.05) is 24.6 Å². The van der Waals surface area contributed by atoms with E-state index in [-0.39, 0.29) is 5.60 Å². The number of allylic oxidation sites excluding steroid dienone is 1. The molecule has 2 heteroatoms. The Kier molecular flexibility index (Phi) is 2.97. The lowest BCUT2D eigenvalue weighted by molar-refractivity contribution is -0.127. The van der Waals surface area contributed by atoms with Crippen molar-refractivity contribution in [3.05, 3.63) is 23.8 Å². The third-order valence-electron chi connectivity index (χ3n) is 9.45. The highest BCUT2D eigenvalue weighted by molar-refractivity contribution is 5.91. The molecule has 0 aromatic rings. The van der Waals surface area contributed by atoms with Crippen LogP contribution in [0.1, 0.15) is 58.3 Å². The van der Waals surface area contributed by atoms with E-state index in [1.54, 1.807) is 5.57 Å². The van der Waals surface area contributed by atoms with Gasteiger partial charge in [-0.3, -0.25) is 4.79 Å². The molecule has 1 aliphatic heterocycles. The number of fused-ring (bicyclic) bond motifs is 9. The summed E-state index contributed by atoms with van der Waals surface area (Å²) in [6, 6.07) is 0. The van der Waals surface area contributed by atoms with E-state index in [1.165, 1.54) is 38.5 Å². The Bertz CT molecular complexity index is 690. The lowest BCUT2D eigenvalue weighted by Gasteiger charge is -2.56. The maximum atomic E-state index is 12.0. The van der Waals surface area contributed by atoms with Crippen molar-refractivity contribution >= 4 is 5.78 Å². The van der Waals surface area contributed by atoms with Crippen molar-refractivity contribution < 1.29 is 9.53 Å². The molecule has 0 N–H and O–H groups in total. The van der Waals surface area contributed by atoms with Crippen molar-refractivity contribution in [2.45, 2.75) is 63.9 Å². The van der Waals surface area contributed by atoms with Crippen molar-refractivity contribution in [1.82, 2.24) is 0 Å². The minimum Gasteiger partial charge on any atom is -0.366 e. The maximum Gasteiger partial charge on any atom is 0.155 e. The lowest BCUT2D eigenvalue weighted by atomic mass is 9.49. The van der Waals surface area contributed by atoms with Crippen molar-refractivity contribution in [3.8, 4) is 0 Å². The molecule has 0 aromatic carbocycles. The summed E-state index contributed by atoms with van der Waals surface area (Å²) in [5, 5.41) is 0. The number of ether oxygens (including phenoxy) is 1. The number of carbonyl (C=O) groups is 1. The highest BCUT2D eigenvalue weighted by Gasteiger charge is 2.69. The van der Waals surface area contributed by atoms with Crippen molar-refractivity contribution in [3.63, 3.8) is 0 Å². The van der Waals surface area contributed by atoms with E-state index >= 15 is 0 Å². The molecular weight excluding hydrogens is 308 g/mol. The smallest absolute Gasteiger partial charge is 0.155 e. The number of ketones is 1. The average molecular weight is 338 g/mol. The fourth-order valence-corrected chi connectivity index (χ4v) is 8.55. The van der Waals surface area contributed by atoms with Gasteiger partial charge < -0.3 is 4.74 Å². The van der Waals surface area contributed by atoms with Crippen LogP contribution in [-0.2, 0) is 9.53 Å². The Morgan fingerprint density at radius 3 is 2.88 bits per heavy atom. The lowest BCUT2D eigenvalue weighted by Crippen LogP contribution is -2.54. The van der Waals surface area contributed by atoms with Crippen molar-refractivity contribution in [2.24, 2.45) is 40.9 Å². The van der Waals surface area contributed by atoms with E-state index in [0.717, 1.165) is 55.0 Å². The summed E-state index contributed by atoms with van der Waals surface area (Å²) >= 11 is 0. The van der Waals surface area contributed by atoms with Crippen LogP contribution >= 0.6 is 0 Å². The van der Waals surface area contributed by atoms with Gasteiger partial charge in [-0.25, -0.2) is 0 Å². The normalized spacial score (nSPS) is 55.4. The SMILES string of the molecule is CC[C@]12CCC3C(C4CC4C4=CC(=O)CC[C@@H]43)C1CC[C@@]21C=CCO1. The van der Waals surface area contributed by atoms with Gasteiger partial charge in [0.1, 0.15) is 0 Å². The van der Waals surface area contributed by atoms with Crippen LogP contribution in [0.2, 0.25) is 0 Å². The standard InChI is InChI=1S/C23H30O2/c1-2-22-9-6-16-15-5-4-14(24)12-17(15)18-13-19(18)21(16)20(22)7-10-23(22)8-3-11-25-23/h3,8,12,15-16,18-21H,2,4-7,9-11,13H2,1H3/t15-,16?,18?,19?,20?,21?,22+,23+/m1/s1. The zero-order valence-electron chi connectivity index (χ0n) is 15.4. The van der Waals surface area contributed by atoms with E-state index in [9.17, 15) is 4.79 Å². The van der Waals surface area contributed by atoms with Crippen LogP contribution in [0.3, 0.4) is 0 Å². The number of carbonyl (C=O) groups excluding carboxylic acids is 1. The second kappa shape index (κ2) is 4.88. The molecule has 6 aliphatic rings. The molecule has 0 aromatic heterocycles. The molecule has 6 rings (SSSR count). The monoisotopic (exact) mass is 338 g/mol. The third kappa shape index (κ3) is 1.73. The van der Waals surface area contributed by atoms with Crippen LogP contribution in [0.15, 0.2) is 23.8 Å². The fraction of sp³-hybridized carbons (Fsp3) is 0.783. The Hall–Kier alpha value is -0.890. The summed E-state index contributed by atoms with van der Waals surface area (Å²) in [4.78, 5) is 12.0. The first kappa shape index (κ1) is 15.2.